The van der Waals surface area contributed by atoms with Crippen molar-refractivity contribution in [3.8, 4) is 0 Å². The highest BCUT2D eigenvalue weighted by Crippen LogP contribution is 2.30. The summed E-state index contributed by atoms with van der Waals surface area (Å²) in [6.45, 7) is 11.0. The lowest BCUT2D eigenvalue weighted by Gasteiger charge is -2.39. The third-order valence-corrected chi connectivity index (χ3v) is 6.50. The number of benzene rings is 1. The number of fused-ring (bicyclic) bond motifs is 1. The summed E-state index contributed by atoms with van der Waals surface area (Å²) >= 11 is 3.50. The van der Waals surface area contributed by atoms with E-state index in [0.29, 0.717) is 23.9 Å². The summed E-state index contributed by atoms with van der Waals surface area (Å²) in [5.74, 6) is 1.16. The average molecular weight is 449 g/mol. The zero-order valence-corrected chi connectivity index (χ0v) is 18.5. The van der Waals surface area contributed by atoms with Crippen LogP contribution in [0.1, 0.15) is 42.8 Å². The fourth-order valence-electron chi connectivity index (χ4n) is 4.66. The average Bonchev–Trinajstić information content (AvgIpc) is 2.97. The topological polar surface area (TPSA) is 45.9 Å². The molecule has 2 unspecified atom stereocenters. The van der Waals surface area contributed by atoms with Crippen molar-refractivity contribution in [2.24, 2.45) is 5.92 Å². The van der Waals surface area contributed by atoms with Gasteiger partial charge >= 0.3 is 0 Å². The Morgan fingerprint density at radius 1 is 1.18 bits per heavy atom. The number of halogens is 1. The number of nitrogens with zero attached hydrogens (tertiary/aromatic N) is 2. The highest BCUT2D eigenvalue weighted by atomic mass is 79.9. The van der Waals surface area contributed by atoms with Gasteiger partial charge in [-0.1, -0.05) is 15.9 Å². The molecule has 1 aromatic carbocycles. The van der Waals surface area contributed by atoms with Crippen molar-refractivity contribution >= 4 is 32.8 Å². The molecule has 3 heterocycles. The molecule has 2 atom stereocenters. The molecule has 2 saturated heterocycles. The van der Waals surface area contributed by atoms with Gasteiger partial charge in [0.05, 0.1) is 12.2 Å². The minimum atomic E-state index is 0.0249. The largest absolute Gasteiger partial charge is 0.451 e. The van der Waals surface area contributed by atoms with E-state index >= 15 is 0 Å². The molecule has 1 amide bonds. The molecule has 2 aromatic rings. The van der Waals surface area contributed by atoms with Crippen molar-refractivity contribution in [2.75, 3.05) is 32.7 Å². The number of carbonyl (C=O) groups is 1. The van der Waals surface area contributed by atoms with E-state index in [1.54, 1.807) is 0 Å². The molecule has 1 aromatic heterocycles. The summed E-state index contributed by atoms with van der Waals surface area (Å²) in [7, 11) is 0. The van der Waals surface area contributed by atoms with Crippen LogP contribution in [0.4, 0.5) is 0 Å². The molecule has 152 valence electrons. The third kappa shape index (κ3) is 4.14. The quantitative estimate of drug-likeness (QED) is 0.694. The standard InChI is InChI=1S/C22H29BrN2O3/c1-14-11-24(12-15(2)27-14)13-17-6-8-25(9-7-17)22(26)21-16(3)19-10-18(23)4-5-20(19)28-21/h4-5,10,14-15,17H,6-9,11-13H2,1-3H3. The van der Waals surface area contributed by atoms with Gasteiger partial charge in [0.15, 0.2) is 5.76 Å². The van der Waals surface area contributed by atoms with Crippen LogP contribution in [-0.2, 0) is 4.74 Å². The van der Waals surface area contributed by atoms with Crippen LogP contribution >= 0.6 is 15.9 Å². The molecule has 0 saturated carbocycles. The van der Waals surface area contributed by atoms with Crippen molar-refractivity contribution in [3.05, 3.63) is 34.0 Å². The minimum Gasteiger partial charge on any atom is -0.451 e. The van der Waals surface area contributed by atoms with Crippen LogP contribution in [0.3, 0.4) is 0 Å². The fourth-order valence-corrected chi connectivity index (χ4v) is 5.02. The second kappa shape index (κ2) is 8.17. The van der Waals surface area contributed by atoms with Crippen molar-refractivity contribution in [1.82, 2.24) is 9.80 Å². The normalized spacial score (nSPS) is 24.8. The Hall–Kier alpha value is -1.37. The van der Waals surface area contributed by atoms with Gasteiger partial charge in [0.2, 0.25) is 0 Å². The molecule has 0 bridgehead atoms. The molecular formula is C22H29BrN2O3. The summed E-state index contributed by atoms with van der Waals surface area (Å²) in [6.07, 6.45) is 2.72. The maximum Gasteiger partial charge on any atom is 0.289 e. The first-order valence-corrected chi connectivity index (χ1v) is 11.1. The van der Waals surface area contributed by atoms with Gasteiger partial charge in [0.1, 0.15) is 5.58 Å². The second-order valence-corrected chi connectivity index (χ2v) is 9.32. The van der Waals surface area contributed by atoms with Crippen molar-refractivity contribution in [1.29, 1.82) is 0 Å². The van der Waals surface area contributed by atoms with Gasteiger partial charge in [-0.2, -0.15) is 0 Å². The van der Waals surface area contributed by atoms with Crippen molar-refractivity contribution in [3.63, 3.8) is 0 Å². The maximum absolute atomic E-state index is 13.1. The van der Waals surface area contributed by atoms with Crippen LogP contribution in [0.2, 0.25) is 0 Å². The van der Waals surface area contributed by atoms with E-state index in [-0.39, 0.29) is 5.91 Å². The van der Waals surface area contributed by atoms with E-state index < -0.39 is 0 Å². The first-order valence-electron chi connectivity index (χ1n) is 10.3. The van der Waals surface area contributed by atoms with Crippen LogP contribution < -0.4 is 0 Å². The number of hydrogen-bond acceptors (Lipinski definition) is 4. The number of furan rings is 1. The van der Waals surface area contributed by atoms with Gasteiger partial charge in [-0.05, 0) is 57.7 Å². The molecule has 2 fully saturated rings. The fraction of sp³-hybridized carbons (Fsp3) is 0.591. The monoisotopic (exact) mass is 448 g/mol. The van der Waals surface area contributed by atoms with Gasteiger partial charge < -0.3 is 14.1 Å². The molecule has 2 aliphatic rings. The van der Waals surface area contributed by atoms with Gasteiger partial charge in [0, 0.05) is 48.1 Å². The Morgan fingerprint density at radius 2 is 1.86 bits per heavy atom. The molecule has 4 rings (SSSR count). The number of hydrogen-bond donors (Lipinski definition) is 0. The smallest absolute Gasteiger partial charge is 0.289 e. The molecule has 0 N–H and O–H groups in total. The number of likely N-dealkylation sites (tertiary alicyclic amines) is 1. The molecule has 6 heteroatoms. The zero-order valence-electron chi connectivity index (χ0n) is 16.9. The highest BCUT2D eigenvalue weighted by Gasteiger charge is 2.30. The summed E-state index contributed by atoms with van der Waals surface area (Å²) in [5.41, 5.74) is 1.70. The number of carbonyl (C=O) groups excluding carboxylic acids is 1. The van der Waals surface area contributed by atoms with Crippen molar-refractivity contribution in [2.45, 2.75) is 45.8 Å². The van der Waals surface area contributed by atoms with Crippen LogP contribution in [0.5, 0.6) is 0 Å². The predicted octanol–water partition coefficient (Wildman–Crippen LogP) is 4.47. The lowest BCUT2D eigenvalue weighted by molar-refractivity contribution is -0.0729. The summed E-state index contributed by atoms with van der Waals surface area (Å²) in [6, 6.07) is 5.87. The highest BCUT2D eigenvalue weighted by molar-refractivity contribution is 9.10. The summed E-state index contributed by atoms with van der Waals surface area (Å²) in [5, 5.41) is 1.00. The number of amides is 1. The van der Waals surface area contributed by atoms with Crippen molar-refractivity contribution < 1.29 is 13.9 Å². The molecule has 0 radical (unpaired) electrons. The van der Waals surface area contributed by atoms with Gasteiger partial charge in [-0.25, -0.2) is 0 Å². The number of morpholine rings is 1. The van der Waals surface area contributed by atoms with E-state index in [1.807, 2.05) is 30.0 Å². The van der Waals surface area contributed by atoms with Gasteiger partial charge in [-0.15, -0.1) is 0 Å². The van der Waals surface area contributed by atoms with Gasteiger partial charge in [-0.3, -0.25) is 9.69 Å². The molecule has 2 aliphatic heterocycles. The third-order valence-electron chi connectivity index (χ3n) is 6.01. The maximum atomic E-state index is 13.1. The van der Waals surface area contributed by atoms with Crippen LogP contribution in [0, 0.1) is 12.8 Å². The summed E-state index contributed by atoms with van der Waals surface area (Å²) in [4.78, 5) is 17.5. The summed E-state index contributed by atoms with van der Waals surface area (Å²) < 4.78 is 12.7. The van der Waals surface area contributed by atoms with E-state index in [1.165, 1.54) is 0 Å². The molecule has 0 spiro atoms. The van der Waals surface area contributed by atoms with E-state index in [9.17, 15) is 4.79 Å². The lowest BCUT2D eigenvalue weighted by atomic mass is 9.95. The molecule has 28 heavy (non-hydrogen) atoms. The van der Waals surface area contributed by atoms with Gasteiger partial charge in [0.25, 0.3) is 5.91 Å². The Bertz CT molecular complexity index is 847. The SMILES string of the molecule is Cc1c(C(=O)N2CCC(CN3CC(C)OC(C)C3)CC2)oc2ccc(Br)cc12. The Labute approximate surface area is 175 Å². The lowest BCUT2D eigenvalue weighted by Crippen LogP contribution is -2.48. The number of aryl methyl sites for hydroxylation is 1. The first-order chi connectivity index (χ1) is 13.4. The van der Waals surface area contributed by atoms with Crippen LogP contribution in [0.25, 0.3) is 11.0 Å². The number of piperidine rings is 1. The first kappa shape index (κ1) is 19.9. The number of rotatable bonds is 3. The second-order valence-electron chi connectivity index (χ2n) is 8.41. The molecular weight excluding hydrogens is 420 g/mol. The Kier molecular flexibility index (Phi) is 5.81. The van der Waals surface area contributed by atoms with E-state index in [0.717, 1.165) is 66.6 Å². The molecule has 5 nitrogen and oxygen atoms in total. The van der Waals surface area contributed by atoms with Crippen LogP contribution in [0.15, 0.2) is 27.1 Å². The van der Waals surface area contributed by atoms with E-state index in [4.69, 9.17) is 9.15 Å². The molecule has 0 aliphatic carbocycles. The Balaban J connectivity index is 1.37. The predicted molar refractivity (Wildman–Crippen MR) is 114 cm³/mol. The zero-order chi connectivity index (χ0) is 19.8. The Morgan fingerprint density at radius 3 is 2.54 bits per heavy atom. The van der Waals surface area contributed by atoms with Crippen LogP contribution in [-0.4, -0.2) is 60.6 Å². The minimum absolute atomic E-state index is 0.0249. The van der Waals surface area contributed by atoms with E-state index in [2.05, 4.69) is 34.7 Å². The number of ether oxygens (including phenoxy) is 1.